The molecule has 1 unspecified atom stereocenters. The van der Waals surface area contributed by atoms with Crippen molar-refractivity contribution in [1.82, 2.24) is 5.32 Å². The first-order valence-electron chi connectivity index (χ1n) is 9.21. The predicted octanol–water partition coefficient (Wildman–Crippen LogP) is 3.66. The Morgan fingerprint density at radius 3 is 2.79 bits per heavy atom. The Labute approximate surface area is 163 Å². The second-order valence-corrected chi connectivity index (χ2v) is 6.53. The van der Waals surface area contributed by atoms with E-state index in [9.17, 15) is 4.79 Å². The lowest BCUT2D eigenvalue weighted by atomic mass is 10.1. The number of nitrogens with one attached hydrogen (secondary N) is 1. The molecule has 1 amide bonds. The summed E-state index contributed by atoms with van der Waals surface area (Å²) in [5, 5.41) is 2.90. The lowest BCUT2D eigenvalue weighted by Crippen LogP contribution is -2.40. The van der Waals surface area contributed by atoms with Crippen molar-refractivity contribution in [2.75, 3.05) is 31.6 Å². The molecular formula is C22H22N2O4. The normalized spacial score (nSPS) is 15.5. The quantitative estimate of drug-likeness (QED) is 0.709. The summed E-state index contributed by atoms with van der Waals surface area (Å²) < 4.78 is 16.7. The molecule has 1 N–H and O–H groups in total. The van der Waals surface area contributed by atoms with E-state index in [-0.39, 0.29) is 12.0 Å². The van der Waals surface area contributed by atoms with Crippen LogP contribution in [0.5, 0.6) is 11.5 Å². The number of benzene rings is 2. The summed E-state index contributed by atoms with van der Waals surface area (Å²) >= 11 is 0. The van der Waals surface area contributed by atoms with Crippen molar-refractivity contribution >= 4 is 11.6 Å². The van der Waals surface area contributed by atoms with Gasteiger partial charge in [-0.2, -0.15) is 0 Å². The molecule has 1 atom stereocenters. The molecule has 0 bridgehead atoms. The molecule has 0 spiro atoms. The summed E-state index contributed by atoms with van der Waals surface area (Å²) in [5.41, 5.74) is 2.08. The number of ether oxygens (including phenoxy) is 2. The summed E-state index contributed by atoms with van der Waals surface area (Å²) in [6, 6.07) is 19.3. The van der Waals surface area contributed by atoms with Crippen molar-refractivity contribution in [2.45, 2.75) is 6.10 Å². The molecule has 3 aromatic rings. The highest BCUT2D eigenvalue weighted by atomic mass is 16.5. The van der Waals surface area contributed by atoms with Crippen LogP contribution in [-0.2, 0) is 0 Å². The Morgan fingerprint density at radius 2 is 2.04 bits per heavy atom. The van der Waals surface area contributed by atoms with Crippen molar-refractivity contribution < 1.29 is 18.7 Å². The number of methoxy groups -OCH3 is 1. The fourth-order valence-electron chi connectivity index (χ4n) is 3.31. The summed E-state index contributed by atoms with van der Waals surface area (Å²) in [5.74, 6) is 1.67. The maximum absolute atomic E-state index is 12.1. The maximum atomic E-state index is 12.1. The van der Waals surface area contributed by atoms with Crippen LogP contribution in [0.3, 0.4) is 0 Å². The van der Waals surface area contributed by atoms with Crippen LogP contribution in [0.2, 0.25) is 0 Å². The predicted molar refractivity (Wildman–Crippen MR) is 106 cm³/mol. The first-order valence-corrected chi connectivity index (χ1v) is 9.21. The lowest BCUT2D eigenvalue weighted by molar-refractivity contribution is 0.0926. The van der Waals surface area contributed by atoms with Crippen LogP contribution in [-0.4, -0.2) is 32.7 Å². The Bertz CT molecular complexity index is 925. The molecule has 1 aliphatic heterocycles. The zero-order valence-corrected chi connectivity index (χ0v) is 15.6. The summed E-state index contributed by atoms with van der Waals surface area (Å²) in [6.45, 7) is 1.80. The Kier molecular flexibility index (Phi) is 5.19. The number of anilines is 1. The standard InChI is InChI=1S/C22H22N2O4/c1-26-17-9-10-19-18(14-17)24(12-11-23-22(25)20-8-5-13-27-20)15-21(28-19)16-6-3-2-4-7-16/h2-10,13-14,21H,11-12,15H2,1H3,(H,23,25). The first kappa shape index (κ1) is 18.0. The Morgan fingerprint density at radius 1 is 1.18 bits per heavy atom. The number of carbonyl (C=O) groups excluding carboxylic acids is 1. The van der Waals surface area contributed by atoms with Gasteiger partial charge in [0, 0.05) is 19.2 Å². The molecule has 2 heterocycles. The minimum Gasteiger partial charge on any atom is -0.497 e. The molecule has 28 heavy (non-hydrogen) atoms. The van der Waals surface area contributed by atoms with Crippen molar-refractivity contribution in [3.05, 3.63) is 78.3 Å². The van der Waals surface area contributed by atoms with E-state index in [0.29, 0.717) is 25.4 Å². The number of furan rings is 1. The number of carbonyl (C=O) groups is 1. The molecule has 1 aliphatic rings. The van der Waals surface area contributed by atoms with E-state index >= 15 is 0 Å². The highest BCUT2D eigenvalue weighted by molar-refractivity contribution is 5.91. The van der Waals surface area contributed by atoms with Gasteiger partial charge in [0.15, 0.2) is 5.76 Å². The maximum Gasteiger partial charge on any atom is 0.287 e. The minimum atomic E-state index is -0.219. The lowest BCUT2D eigenvalue weighted by Gasteiger charge is -2.36. The van der Waals surface area contributed by atoms with Gasteiger partial charge in [0.1, 0.15) is 17.6 Å². The molecule has 2 aromatic carbocycles. The molecular weight excluding hydrogens is 356 g/mol. The topological polar surface area (TPSA) is 63.9 Å². The number of amides is 1. The third kappa shape index (κ3) is 3.81. The van der Waals surface area contributed by atoms with Gasteiger partial charge >= 0.3 is 0 Å². The van der Waals surface area contributed by atoms with Gasteiger partial charge in [-0.3, -0.25) is 4.79 Å². The van der Waals surface area contributed by atoms with Gasteiger partial charge < -0.3 is 24.1 Å². The molecule has 1 aromatic heterocycles. The monoisotopic (exact) mass is 378 g/mol. The van der Waals surface area contributed by atoms with Crippen molar-refractivity contribution in [3.63, 3.8) is 0 Å². The molecule has 0 radical (unpaired) electrons. The number of hydrogen-bond acceptors (Lipinski definition) is 5. The van der Waals surface area contributed by atoms with Gasteiger partial charge in [-0.05, 0) is 29.8 Å². The van der Waals surface area contributed by atoms with E-state index in [1.54, 1.807) is 19.2 Å². The second kappa shape index (κ2) is 8.08. The SMILES string of the molecule is COc1ccc2c(c1)N(CCNC(=O)c1ccco1)CC(c1ccccc1)O2. The largest absolute Gasteiger partial charge is 0.497 e. The number of rotatable bonds is 6. The third-order valence-electron chi connectivity index (χ3n) is 4.75. The highest BCUT2D eigenvalue weighted by Gasteiger charge is 2.27. The second-order valence-electron chi connectivity index (χ2n) is 6.53. The zero-order chi connectivity index (χ0) is 19.3. The first-order chi connectivity index (χ1) is 13.7. The van der Waals surface area contributed by atoms with E-state index < -0.39 is 0 Å². The van der Waals surface area contributed by atoms with Crippen molar-refractivity contribution in [3.8, 4) is 11.5 Å². The van der Waals surface area contributed by atoms with Crippen LogP contribution in [0.25, 0.3) is 0 Å². The van der Waals surface area contributed by atoms with Gasteiger partial charge in [-0.15, -0.1) is 0 Å². The van der Waals surface area contributed by atoms with Gasteiger partial charge in [0.25, 0.3) is 5.91 Å². The number of nitrogens with zero attached hydrogens (tertiary/aromatic N) is 1. The highest BCUT2D eigenvalue weighted by Crippen LogP contribution is 2.40. The average Bonchev–Trinajstić information content (AvgIpc) is 3.29. The zero-order valence-electron chi connectivity index (χ0n) is 15.6. The Balaban J connectivity index is 1.51. The van der Waals surface area contributed by atoms with Crippen molar-refractivity contribution in [2.24, 2.45) is 0 Å². The smallest absolute Gasteiger partial charge is 0.287 e. The summed E-state index contributed by atoms with van der Waals surface area (Å²) in [7, 11) is 1.64. The van der Waals surface area contributed by atoms with Crippen LogP contribution in [0.1, 0.15) is 22.2 Å². The van der Waals surface area contributed by atoms with E-state index in [2.05, 4.69) is 22.3 Å². The number of hydrogen-bond donors (Lipinski definition) is 1. The van der Waals surface area contributed by atoms with Gasteiger partial charge in [-0.1, -0.05) is 30.3 Å². The van der Waals surface area contributed by atoms with Crippen LogP contribution in [0.15, 0.2) is 71.3 Å². The summed E-state index contributed by atoms with van der Waals surface area (Å²) in [6.07, 6.45) is 1.41. The molecule has 0 fully saturated rings. The molecule has 0 aliphatic carbocycles. The van der Waals surface area contributed by atoms with Gasteiger partial charge in [0.2, 0.25) is 0 Å². The summed E-state index contributed by atoms with van der Waals surface area (Å²) in [4.78, 5) is 14.3. The molecule has 4 rings (SSSR count). The van der Waals surface area contributed by atoms with E-state index in [0.717, 1.165) is 22.7 Å². The fraction of sp³-hybridized carbons (Fsp3) is 0.227. The average molecular weight is 378 g/mol. The van der Waals surface area contributed by atoms with Crippen LogP contribution < -0.4 is 19.7 Å². The van der Waals surface area contributed by atoms with E-state index in [1.165, 1.54) is 6.26 Å². The fourth-order valence-corrected chi connectivity index (χ4v) is 3.31. The molecule has 6 nitrogen and oxygen atoms in total. The number of fused-ring (bicyclic) bond motifs is 1. The van der Waals surface area contributed by atoms with Crippen LogP contribution in [0.4, 0.5) is 5.69 Å². The van der Waals surface area contributed by atoms with Crippen LogP contribution in [0, 0.1) is 0 Å². The molecule has 144 valence electrons. The van der Waals surface area contributed by atoms with E-state index in [4.69, 9.17) is 13.9 Å². The molecule has 0 saturated carbocycles. The van der Waals surface area contributed by atoms with Gasteiger partial charge in [-0.25, -0.2) is 0 Å². The van der Waals surface area contributed by atoms with Gasteiger partial charge in [0.05, 0.1) is 25.6 Å². The van der Waals surface area contributed by atoms with Crippen molar-refractivity contribution in [1.29, 1.82) is 0 Å². The molecule has 0 saturated heterocycles. The van der Waals surface area contributed by atoms with Crippen LogP contribution >= 0.6 is 0 Å². The molecule has 6 heteroatoms. The third-order valence-corrected chi connectivity index (χ3v) is 4.75. The van der Waals surface area contributed by atoms with E-state index in [1.807, 2.05) is 36.4 Å². The minimum absolute atomic E-state index is 0.0807. The Hall–Kier alpha value is -3.41.